The van der Waals surface area contributed by atoms with Gasteiger partial charge in [-0.15, -0.1) is 35.3 Å². The predicted octanol–water partition coefficient (Wildman–Crippen LogP) is 3.13. The molecule has 0 bridgehead atoms. The van der Waals surface area contributed by atoms with Crippen LogP contribution < -0.4 is 10.6 Å². The zero-order valence-electron chi connectivity index (χ0n) is 17.5. The summed E-state index contributed by atoms with van der Waals surface area (Å²) in [6, 6.07) is 4.65. The molecule has 2 fully saturated rings. The minimum absolute atomic E-state index is 0. The highest BCUT2D eigenvalue weighted by Crippen LogP contribution is 2.29. The molecule has 9 heteroatoms. The molecule has 2 aliphatic heterocycles. The average Bonchev–Trinajstić information content (AvgIpc) is 3.31. The highest BCUT2D eigenvalue weighted by molar-refractivity contribution is 14.0. The molecule has 2 unspecified atom stereocenters. The fraction of sp³-hybridized carbons (Fsp3) is 0.750. The quantitative estimate of drug-likeness (QED) is 0.308. The Bertz CT molecular complexity index is 732. The van der Waals surface area contributed by atoms with Gasteiger partial charge in [0.15, 0.2) is 15.8 Å². The third kappa shape index (κ3) is 7.66. The number of hydrogen-bond acceptors (Lipinski definition) is 5. The Balaban J connectivity index is 0.00000300. The fourth-order valence-electron chi connectivity index (χ4n) is 4.00. The van der Waals surface area contributed by atoms with E-state index in [9.17, 15) is 8.42 Å². The van der Waals surface area contributed by atoms with Crippen LogP contribution in [0.1, 0.15) is 44.0 Å². The number of likely N-dealkylation sites (tertiary alicyclic amines) is 1. The van der Waals surface area contributed by atoms with Gasteiger partial charge in [-0.2, -0.15) is 0 Å². The Labute approximate surface area is 196 Å². The number of rotatable bonds is 7. The Morgan fingerprint density at radius 1 is 1.31 bits per heavy atom. The molecule has 2 N–H and O–H groups in total. The van der Waals surface area contributed by atoms with E-state index in [0.717, 1.165) is 37.9 Å². The topological polar surface area (TPSA) is 73.8 Å². The molecule has 0 aromatic carbocycles. The van der Waals surface area contributed by atoms with Gasteiger partial charge in [0, 0.05) is 18.0 Å². The maximum Gasteiger partial charge on any atom is 0.191 e. The van der Waals surface area contributed by atoms with Gasteiger partial charge in [-0.05, 0) is 62.6 Å². The highest BCUT2D eigenvalue weighted by Gasteiger charge is 2.28. The van der Waals surface area contributed by atoms with Crippen LogP contribution in [0.3, 0.4) is 0 Å². The maximum absolute atomic E-state index is 11.7. The number of halogens is 1. The Morgan fingerprint density at radius 2 is 2.07 bits per heavy atom. The Hall–Kier alpha value is -0.390. The van der Waals surface area contributed by atoms with Crippen molar-refractivity contribution in [3.63, 3.8) is 0 Å². The lowest BCUT2D eigenvalue weighted by Crippen LogP contribution is -2.41. The van der Waals surface area contributed by atoms with Crippen molar-refractivity contribution in [1.82, 2.24) is 15.5 Å². The van der Waals surface area contributed by atoms with E-state index in [1.807, 2.05) is 0 Å². The van der Waals surface area contributed by atoms with Crippen molar-refractivity contribution in [3.05, 3.63) is 22.4 Å². The molecule has 0 saturated carbocycles. The molecule has 2 saturated heterocycles. The molecule has 2 atom stereocenters. The van der Waals surface area contributed by atoms with Gasteiger partial charge in [0.2, 0.25) is 0 Å². The molecule has 3 rings (SSSR count). The van der Waals surface area contributed by atoms with Crippen LogP contribution in [0.5, 0.6) is 0 Å². The lowest BCUT2D eigenvalue weighted by Gasteiger charge is -2.35. The van der Waals surface area contributed by atoms with E-state index in [0.29, 0.717) is 30.6 Å². The van der Waals surface area contributed by atoms with Crippen LogP contribution in [0.15, 0.2) is 22.5 Å². The van der Waals surface area contributed by atoms with Gasteiger partial charge in [-0.1, -0.05) is 13.0 Å². The van der Waals surface area contributed by atoms with Crippen LogP contribution in [0.25, 0.3) is 0 Å². The van der Waals surface area contributed by atoms with E-state index in [1.165, 1.54) is 17.7 Å². The number of sulfone groups is 1. The normalized spacial score (nSPS) is 24.1. The largest absolute Gasteiger partial charge is 0.357 e. The summed E-state index contributed by atoms with van der Waals surface area (Å²) in [5.41, 5.74) is 0. The number of guanidine groups is 1. The van der Waals surface area contributed by atoms with E-state index in [2.05, 4.69) is 46.9 Å². The minimum atomic E-state index is -2.84. The van der Waals surface area contributed by atoms with Crippen molar-refractivity contribution < 1.29 is 8.42 Å². The Kier molecular flexibility index (Phi) is 10.2. The summed E-state index contributed by atoms with van der Waals surface area (Å²) in [7, 11) is -2.84. The number of aliphatic imine (C=N–C) groups is 1. The van der Waals surface area contributed by atoms with E-state index in [1.54, 1.807) is 11.3 Å². The molecule has 6 nitrogen and oxygen atoms in total. The van der Waals surface area contributed by atoms with Gasteiger partial charge in [-0.25, -0.2) is 8.42 Å². The van der Waals surface area contributed by atoms with E-state index in [-0.39, 0.29) is 29.9 Å². The van der Waals surface area contributed by atoms with Crippen LogP contribution in [-0.4, -0.2) is 63.5 Å². The minimum Gasteiger partial charge on any atom is -0.357 e. The average molecular weight is 555 g/mol. The van der Waals surface area contributed by atoms with Crippen LogP contribution >= 0.6 is 35.3 Å². The summed E-state index contributed by atoms with van der Waals surface area (Å²) in [5, 5.41) is 8.82. The number of piperidine rings is 1. The number of hydrogen-bond donors (Lipinski definition) is 2. The van der Waals surface area contributed by atoms with Gasteiger partial charge in [0.25, 0.3) is 0 Å². The van der Waals surface area contributed by atoms with Crippen molar-refractivity contribution in [2.45, 2.75) is 39.2 Å². The zero-order chi connectivity index (χ0) is 20.0. The van der Waals surface area contributed by atoms with Crippen molar-refractivity contribution >= 4 is 51.1 Å². The highest BCUT2D eigenvalue weighted by atomic mass is 127. The molecule has 3 heterocycles. The monoisotopic (exact) mass is 554 g/mol. The van der Waals surface area contributed by atoms with Gasteiger partial charge in [-0.3, -0.25) is 9.89 Å². The molecule has 0 aliphatic carbocycles. The lowest BCUT2D eigenvalue weighted by molar-refractivity contribution is 0.143. The molecule has 166 valence electrons. The Morgan fingerprint density at radius 3 is 2.66 bits per heavy atom. The summed E-state index contributed by atoms with van der Waals surface area (Å²) in [4.78, 5) is 8.81. The maximum atomic E-state index is 11.7. The molecule has 0 radical (unpaired) electrons. The first-order chi connectivity index (χ1) is 13.5. The fourth-order valence-corrected chi connectivity index (χ4v) is 6.71. The van der Waals surface area contributed by atoms with Gasteiger partial charge in [0.05, 0.1) is 24.1 Å². The molecule has 1 aromatic heterocycles. The molecular formula is C20H35IN4O2S2. The van der Waals surface area contributed by atoms with E-state index >= 15 is 0 Å². The second-order valence-electron chi connectivity index (χ2n) is 8.12. The first-order valence-electron chi connectivity index (χ1n) is 10.5. The van der Waals surface area contributed by atoms with Gasteiger partial charge in [0.1, 0.15) is 0 Å². The van der Waals surface area contributed by atoms with Crippen LogP contribution in [-0.2, 0) is 9.84 Å². The smallest absolute Gasteiger partial charge is 0.191 e. The summed E-state index contributed by atoms with van der Waals surface area (Å²) in [6.45, 7) is 8.82. The van der Waals surface area contributed by atoms with E-state index < -0.39 is 9.84 Å². The molecule has 29 heavy (non-hydrogen) atoms. The van der Waals surface area contributed by atoms with E-state index in [4.69, 9.17) is 4.99 Å². The van der Waals surface area contributed by atoms with Crippen molar-refractivity contribution in [2.24, 2.45) is 16.8 Å². The first-order valence-corrected chi connectivity index (χ1v) is 13.2. The van der Waals surface area contributed by atoms with Gasteiger partial charge < -0.3 is 10.6 Å². The third-order valence-corrected chi connectivity index (χ3v) is 8.59. The summed E-state index contributed by atoms with van der Waals surface area (Å²) in [6.07, 6.45) is 3.25. The SMILES string of the molecule is CCNC(=NCC(c1cccs1)N1CCC(C)CC1)NCC1CCS(=O)(=O)C1.I. The third-order valence-electron chi connectivity index (χ3n) is 5.78. The number of nitrogens with one attached hydrogen (secondary N) is 2. The standard InChI is InChI=1S/C20H34N4O2S2.HI/c1-3-21-20(22-13-17-8-12-28(25,26)15-17)23-14-18(19-5-4-11-27-19)24-9-6-16(2)7-10-24;/h4-5,11,16-18H,3,6-10,12-15H2,1-2H3,(H2,21,22,23);1H. The zero-order valence-corrected chi connectivity index (χ0v) is 21.4. The molecule has 0 spiro atoms. The molecule has 2 aliphatic rings. The summed E-state index contributed by atoms with van der Waals surface area (Å²) >= 11 is 1.81. The molecule has 0 amide bonds. The molecule has 1 aromatic rings. The second kappa shape index (κ2) is 11.9. The predicted molar refractivity (Wildman–Crippen MR) is 133 cm³/mol. The lowest BCUT2D eigenvalue weighted by atomic mass is 9.97. The molecular weight excluding hydrogens is 519 g/mol. The summed E-state index contributed by atoms with van der Waals surface area (Å²) in [5.74, 6) is 2.40. The van der Waals surface area contributed by atoms with Crippen LogP contribution in [0.2, 0.25) is 0 Å². The second-order valence-corrected chi connectivity index (χ2v) is 11.3. The van der Waals surface area contributed by atoms with Crippen molar-refractivity contribution in [2.75, 3.05) is 44.2 Å². The van der Waals surface area contributed by atoms with Gasteiger partial charge >= 0.3 is 0 Å². The van der Waals surface area contributed by atoms with Crippen molar-refractivity contribution in [1.29, 1.82) is 0 Å². The van der Waals surface area contributed by atoms with Crippen molar-refractivity contribution in [3.8, 4) is 0 Å². The first kappa shape index (κ1) is 24.9. The van der Waals surface area contributed by atoms with Crippen LogP contribution in [0.4, 0.5) is 0 Å². The van der Waals surface area contributed by atoms with Crippen LogP contribution in [0, 0.1) is 11.8 Å². The number of nitrogens with zero attached hydrogens (tertiary/aromatic N) is 2. The summed E-state index contributed by atoms with van der Waals surface area (Å²) < 4.78 is 23.4. The number of thiophene rings is 1.